The van der Waals surface area contributed by atoms with Crippen LogP contribution in [0.2, 0.25) is 0 Å². The summed E-state index contributed by atoms with van der Waals surface area (Å²) in [6.45, 7) is 5.82. The van der Waals surface area contributed by atoms with E-state index in [4.69, 9.17) is 4.74 Å². The zero-order chi connectivity index (χ0) is 15.1. The van der Waals surface area contributed by atoms with Gasteiger partial charge in [0.15, 0.2) is 0 Å². The molecule has 108 valence electrons. The Hall–Kier alpha value is -1.33. The maximum Gasteiger partial charge on any atom is 0.256 e. The van der Waals surface area contributed by atoms with Gasteiger partial charge in [-0.2, -0.15) is 0 Å². The minimum atomic E-state index is -0.868. The summed E-state index contributed by atoms with van der Waals surface area (Å²) in [5, 5.41) is 13.3. The van der Waals surface area contributed by atoms with Gasteiger partial charge in [0.1, 0.15) is 11.3 Å². The standard InChI is InChI=1S/C15H18BrNO3/c1-8-5-10(16)6-9(2)11(8)12-13(18)15(3,7-20-4)17-14(12)19/h5-6,18H,7H2,1-4H3,(H,17,19). The van der Waals surface area contributed by atoms with Crippen LogP contribution < -0.4 is 5.32 Å². The summed E-state index contributed by atoms with van der Waals surface area (Å²) in [5.74, 6) is -0.228. The molecule has 0 saturated carbocycles. The van der Waals surface area contributed by atoms with Crippen molar-refractivity contribution in [2.24, 2.45) is 0 Å². The molecule has 0 radical (unpaired) electrons. The molecule has 20 heavy (non-hydrogen) atoms. The lowest BCUT2D eigenvalue weighted by Gasteiger charge is -2.23. The van der Waals surface area contributed by atoms with Gasteiger partial charge in [0.2, 0.25) is 0 Å². The zero-order valence-electron chi connectivity index (χ0n) is 12.0. The second-order valence-electron chi connectivity index (χ2n) is 5.36. The van der Waals surface area contributed by atoms with Gasteiger partial charge < -0.3 is 15.2 Å². The van der Waals surface area contributed by atoms with Gasteiger partial charge in [-0.3, -0.25) is 4.79 Å². The first-order chi connectivity index (χ1) is 9.30. The number of benzene rings is 1. The molecule has 1 amide bonds. The Bertz CT molecular complexity index is 586. The summed E-state index contributed by atoms with van der Waals surface area (Å²) >= 11 is 3.43. The molecule has 2 rings (SSSR count). The maximum atomic E-state index is 12.3. The lowest BCUT2D eigenvalue weighted by atomic mass is 9.92. The molecular weight excluding hydrogens is 322 g/mol. The molecule has 2 N–H and O–H groups in total. The fourth-order valence-electron chi connectivity index (χ4n) is 2.69. The quantitative estimate of drug-likeness (QED) is 0.890. The van der Waals surface area contributed by atoms with Crippen molar-refractivity contribution < 1.29 is 14.6 Å². The Balaban J connectivity index is 2.63. The number of aliphatic hydroxyl groups excluding tert-OH is 1. The number of halogens is 1. The number of hydrogen-bond donors (Lipinski definition) is 2. The van der Waals surface area contributed by atoms with E-state index in [9.17, 15) is 9.90 Å². The van der Waals surface area contributed by atoms with Gasteiger partial charge in [-0.1, -0.05) is 15.9 Å². The molecule has 1 heterocycles. The summed E-state index contributed by atoms with van der Waals surface area (Å²) < 4.78 is 6.05. The third kappa shape index (κ3) is 2.36. The molecule has 1 aromatic carbocycles. The number of rotatable bonds is 3. The van der Waals surface area contributed by atoms with Crippen molar-refractivity contribution in [1.29, 1.82) is 0 Å². The van der Waals surface area contributed by atoms with Crippen molar-refractivity contribution in [3.05, 3.63) is 39.1 Å². The highest BCUT2D eigenvalue weighted by Gasteiger charge is 2.43. The predicted molar refractivity (Wildman–Crippen MR) is 81.6 cm³/mol. The number of aliphatic hydroxyl groups is 1. The van der Waals surface area contributed by atoms with Crippen molar-refractivity contribution >= 4 is 27.4 Å². The van der Waals surface area contributed by atoms with Crippen molar-refractivity contribution in [2.75, 3.05) is 13.7 Å². The molecule has 0 fully saturated rings. The largest absolute Gasteiger partial charge is 0.509 e. The third-order valence-electron chi connectivity index (χ3n) is 3.56. The van der Waals surface area contributed by atoms with Crippen LogP contribution in [0.5, 0.6) is 0 Å². The summed E-state index contributed by atoms with van der Waals surface area (Å²) in [7, 11) is 1.54. The van der Waals surface area contributed by atoms with Gasteiger partial charge in [-0.15, -0.1) is 0 Å². The second-order valence-corrected chi connectivity index (χ2v) is 6.27. The monoisotopic (exact) mass is 339 g/mol. The first kappa shape index (κ1) is 15.1. The van der Waals surface area contributed by atoms with Gasteiger partial charge in [-0.05, 0) is 49.6 Å². The van der Waals surface area contributed by atoms with Crippen molar-refractivity contribution in [2.45, 2.75) is 26.3 Å². The Morgan fingerprint density at radius 2 is 1.90 bits per heavy atom. The van der Waals surface area contributed by atoms with Gasteiger partial charge in [0.25, 0.3) is 5.91 Å². The molecule has 0 saturated heterocycles. The Morgan fingerprint density at radius 3 is 2.40 bits per heavy atom. The molecule has 4 nitrogen and oxygen atoms in total. The van der Waals surface area contributed by atoms with Gasteiger partial charge >= 0.3 is 0 Å². The van der Waals surface area contributed by atoms with Crippen LogP contribution in [0.4, 0.5) is 0 Å². The minimum Gasteiger partial charge on any atom is -0.509 e. The highest BCUT2D eigenvalue weighted by Crippen LogP contribution is 2.36. The minimum absolute atomic E-state index is 0.0397. The van der Waals surface area contributed by atoms with Crippen molar-refractivity contribution in [3.8, 4) is 0 Å². The highest BCUT2D eigenvalue weighted by atomic mass is 79.9. The number of carbonyl (C=O) groups excluding carboxylic acids is 1. The van der Waals surface area contributed by atoms with E-state index in [-0.39, 0.29) is 18.3 Å². The molecule has 1 aliphatic rings. The Kier molecular flexibility index (Phi) is 3.93. The summed E-state index contributed by atoms with van der Waals surface area (Å²) in [6, 6.07) is 3.86. The van der Waals surface area contributed by atoms with Gasteiger partial charge in [-0.25, -0.2) is 0 Å². The number of amides is 1. The number of nitrogens with one attached hydrogen (secondary N) is 1. The van der Waals surface area contributed by atoms with Crippen LogP contribution in [-0.2, 0) is 9.53 Å². The predicted octanol–water partition coefficient (Wildman–Crippen LogP) is 2.87. The SMILES string of the molecule is COCC1(C)NC(=O)C(c2c(C)cc(Br)cc2C)=C1O. The molecule has 1 aromatic rings. The van der Waals surface area contributed by atoms with Crippen LogP contribution >= 0.6 is 15.9 Å². The average molecular weight is 340 g/mol. The van der Waals surface area contributed by atoms with E-state index in [1.807, 2.05) is 26.0 Å². The van der Waals surface area contributed by atoms with Crippen LogP contribution in [-0.4, -0.2) is 30.3 Å². The number of aryl methyl sites for hydroxylation is 2. The first-order valence-corrected chi connectivity index (χ1v) is 7.11. The van der Waals surface area contributed by atoms with Crippen LogP contribution in [0.15, 0.2) is 22.4 Å². The van der Waals surface area contributed by atoms with Crippen LogP contribution in [0.3, 0.4) is 0 Å². The molecule has 0 aromatic heterocycles. The molecule has 1 unspecified atom stereocenters. The first-order valence-electron chi connectivity index (χ1n) is 6.32. The van der Waals surface area contributed by atoms with Crippen LogP contribution in [0, 0.1) is 13.8 Å². The van der Waals surface area contributed by atoms with Crippen molar-refractivity contribution in [1.82, 2.24) is 5.32 Å². The smallest absolute Gasteiger partial charge is 0.256 e. The molecule has 1 atom stereocenters. The average Bonchev–Trinajstić information content (AvgIpc) is 2.52. The van der Waals surface area contributed by atoms with E-state index in [0.29, 0.717) is 5.57 Å². The maximum absolute atomic E-state index is 12.3. The van der Waals surface area contributed by atoms with E-state index in [1.54, 1.807) is 14.0 Å². The highest BCUT2D eigenvalue weighted by molar-refractivity contribution is 9.10. The van der Waals surface area contributed by atoms with Crippen LogP contribution in [0.1, 0.15) is 23.6 Å². The molecule has 0 bridgehead atoms. The zero-order valence-corrected chi connectivity index (χ0v) is 13.6. The molecule has 5 heteroatoms. The third-order valence-corrected chi connectivity index (χ3v) is 4.01. The van der Waals surface area contributed by atoms with Crippen LogP contribution in [0.25, 0.3) is 5.57 Å². The van der Waals surface area contributed by atoms with Gasteiger partial charge in [0.05, 0.1) is 12.2 Å². The lowest BCUT2D eigenvalue weighted by molar-refractivity contribution is -0.116. The fourth-order valence-corrected chi connectivity index (χ4v) is 3.37. The van der Waals surface area contributed by atoms with E-state index < -0.39 is 5.54 Å². The van der Waals surface area contributed by atoms with Gasteiger partial charge in [0, 0.05) is 11.6 Å². The number of hydrogen-bond acceptors (Lipinski definition) is 3. The molecule has 0 aliphatic carbocycles. The number of ether oxygens (including phenoxy) is 1. The number of carbonyl (C=O) groups is 1. The topological polar surface area (TPSA) is 58.6 Å². The summed E-state index contributed by atoms with van der Waals surface area (Å²) in [5.41, 5.74) is 2.13. The van der Waals surface area contributed by atoms with E-state index in [2.05, 4.69) is 21.2 Å². The summed E-state index contributed by atoms with van der Waals surface area (Å²) in [4.78, 5) is 12.3. The Morgan fingerprint density at radius 1 is 1.35 bits per heavy atom. The van der Waals surface area contributed by atoms with E-state index >= 15 is 0 Å². The van der Waals surface area contributed by atoms with E-state index in [0.717, 1.165) is 21.2 Å². The molecular formula is C15H18BrNO3. The van der Waals surface area contributed by atoms with E-state index in [1.165, 1.54) is 0 Å². The molecule has 0 spiro atoms. The number of methoxy groups -OCH3 is 1. The normalized spacial score (nSPS) is 22.4. The summed E-state index contributed by atoms with van der Waals surface area (Å²) in [6.07, 6.45) is 0. The Labute approximate surface area is 127 Å². The lowest BCUT2D eigenvalue weighted by Crippen LogP contribution is -2.45. The molecule has 1 aliphatic heterocycles. The van der Waals surface area contributed by atoms with Crippen molar-refractivity contribution in [3.63, 3.8) is 0 Å². The fraction of sp³-hybridized carbons (Fsp3) is 0.400. The second kappa shape index (κ2) is 5.22.